The lowest BCUT2D eigenvalue weighted by Crippen LogP contribution is -2.19. The molecule has 0 saturated carbocycles. The lowest BCUT2D eigenvalue weighted by molar-refractivity contribution is -0.0365. The maximum absolute atomic E-state index is 14.9. The van der Waals surface area contributed by atoms with Gasteiger partial charge in [0.05, 0.1) is 21.1 Å². The molecule has 5 rings (SSSR count). The van der Waals surface area contributed by atoms with Gasteiger partial charge in [-0.15, -0.1) is 0 Å². The third kappa shape index (κ3) is 4.45. The molecular weight excluding hydrogens is 502 g/mol. The SMILES string of the molecule is CC(Oc1ccc2c(c1)c(-c1cnc(Cl)cc1F)nn2C1CCCCO1)c1c(Cl)cncc1Cl. The fourth-order valence-corrected chi connectivity index (χ4v) is 5.00. The zero-order valence-corrected chi connectivity index (χ0v) is 20.4. The zero-order chi connectivity index (χ0) is 23.8. The Bertz CT molecular complexity index is 1340. The molecule has 10 heteroatoms. The third-order valence-electron chi connectivity index (χ3n) is 5.79. The van der Waals surface area contributed by atoms with E-state index in [0.29, 0.717) is 39.0 Å². The van der Waals surface area contributed by atoms with Crippen molar-refractivity contribution in [2.24, 2.45) is 0 Å². The number of ether oxygens (including phenoxy) is 2. The minimum Gasteiger partial charge on any atom is -0.486 e. The summed E-state index contributed by atoms with van der Waals surface area (Å²) >= 11 is 18.5. The second kappa shape index (κ2) is 9.66. The second-order valence-electron chi connectivity index (χ2n) is 8.06. The van der Waals surface area contributed by atoms with E-state index in [9.17, 15) is 4.39 Å². The molecule has 0 bridgehead atoms. The van der Waals surface area contributed by atoms with E-state index < -0.39 is 11.9 Å². The first kappa shape index (κ1) is 23.3. The van der Waals surface area contributed by atoms with Crippen LogP contribution in [0, 0.1) is 5.82 Å². The van der Waals surface area contributed by atoms with Crippen LogP contribution in [0.3, 0.4) is 0 Å². The molecule has 2 atom stereocenters. The van der Waals surface area contributed by atoms with Crippen LogP contribution in [0.25, 0.3) is 22.2 Å². The summed E-state index contributed by atoms with van der Waals surface area (Å²) in [6.45, 7) is 2.50. The summed E-state index contributed by atoms with van der Waals surface area (Å²) in [5.74, 6) is 0.0443. The summed E-state index contributed by atoms with van der Waals surface area (Å²) in [7, 11) is 0. The van der Waals surface area contributed by atoms with Crippen LogP contribution in [0.1, 0.15) is 44.1 Å². The van der Waals surface area contributed by atoms with Gasteiger partial charge in [0.15, 0.2) is 6.23 Å². The normalized spacial score (nSPS) is 17.1. The number of halogens is 4. The molecule has 1 aromatic carbocycles. The first-order chi connectivity index (χ1) is 16.4. The Kier molecular flexibility index (Phi) is 6.62. The van der Waals surface area contributed by atoms with Gasteiger partial charge >= 0.3 is 0 Å². The molecule has 1 saturated heterocycles. The zero-order valence-electron chi connectivity index (χ0n) is 18.1. The fourth-order valence-electron chi connectivity index (χ4n) is 4.18. The van der Waals surface area contributed by atoms with Crippen LogP contribution in [-0.4, -0.2) is 26.4 Å². The van der Waals surface area contributed by atoms with E-state index in [2.05, 4.69) is 9.97 Å². The van der Waals surface area contributed by atoms with Gasteiger partial charge in [0, 0.05) is 42.2 Å². The average molecular weight is 522 g/mol. The number of nitrogens with zero attached hydrogens (tertiary/aromatic N) is 4. The smallest absolute Gasteiger partial charge is 0.150 e. The summed E-state index contributed by atoms with van der Waals surface area (Å²) in [4.78, 5) is 8.04. The van der Waals surface area contributed by atoms with Gasteiger partial charge in [-0.05, 0) is 44.4 Å². The summed E-state index contributed by atoms with van der Waals surface area (Å²) in [5, 5.41) is 6.35. The molecule has 3 aromatic heterocycles. The Balaban J connectivity index is 1.59. The van der Waals surface area contributed by atoms with E-state index in [1.165, 1.54) is 24.7 Å². The van der Waals surface area contributed by atoms with Gasteiger partial charge in [-0.3, -0.25) is 4.98 Å². The minimum absolute atomic E-state index is 0.0737. The third-order valence-corrected chi connectivity index (χ3v) is 6.60. The van der Waals surface area contributed by atoms with Crippen LogP contribution in [-0.2, 0) is 4.74 Å². The van der Waals surface area contributed by atoms with Gasteiger partial charge in [-0.1, -0.05) is 34.8 Å². The summed E-state index contributed by atoms with van der Waals surface area (Å²) in [5.41, 5.74) is 2.12. The summed E-state index contributed by atoms with van der Waals surface area (Å²) in [6, 6.07) is 6.73. The lowest BCUT2D eigenvalue weighted by Gasteiger charge is -2.23. The van der Waals surface area contributed by atoms with Crippen molar-refractivity contribution in [3.8, 4) is 17.0 Å². The van der Waals surface area contributed by atoms with Crippen molar-refractivity contribution < 1.29 is 13.9 Å². The highest BCUT2D eigenvalue weighted by Gasteiger charge is 2.24. The molecule has 4 aromatic rings. The van der Waals surface area contributed by atoms with Crippen LogP contribution in [0.5, 0.6) is 5.75 Å². The highest BCUT2D eigenvalue weighted by atomic mass is 35.5. The van der Waals surface area contributed by atoms with Crippen LogP contribution < -0.4 is 4.74 Å². The Labute approximate surface area is 210 Å². The van der Waals surface area contributed by atoms with Crippen molar-refractivity contribution in [1.82, 2.24) is 19.7 Å². The molecule has 4 heterocycles. The van der Waals surface area contributed by atoms with Crippen molar-refractivity contribution in [1.29, 1.82) is 0 Å². The molecule has 1 aliphatic heterocycles. The molecule has 0 aliphatic carbocycles. The Morgan fingerprint density at radius 3 is 2.62 bits per heavy atom. The number of hydrogen-bond acceptors (Lipinski definition) is 5. The summed E-state index contributed by atoms with van der Waals surface area (Å²) < 4.78 is 28.8. The first-order valence-corrected chi connectivity index (χ1v) is 12.0. The van der Waals surface area contributed by atoms with Gasteiger partial charge in [-0.25, -0.2) is 14.1 Å². The van der Waals surface area contributed by atoms with Gasteiger partial charge in [0.2, 0.25) is 0 Å². The predicted octanol–water partition coefficient (Wildman–Crippen LogP) is 7.43. The van der Waals surface area contributed by atoms with Gasteiger partial charge in [0.1, 0.15) is 28.5 Å². The predicted molar refractivity (Wildman–Crippen MR) is 130 cm³/mol. The number of pyridine rings is 2. The van der Waals surface area contributed by atoms with Crippen molar-refractivity contribution in [2.75, 3.05) is 6.61 Å². The molecule has 1 fully saturated rings. The van der Waals surface area contributed by atoms with Crippen LogP contribution in [0.15, 0.2) is 42.9 Å². The fraction of sp³-hybridized carbons (Fsp3) is 0.292. The van der Waals surface area contributed by atoms with E-state index in [4.69, 9.17) is 49.4 Å². The molecule has 0 spiro atoms. The number of benzene rings is 1. The molecule has 0 radical (unpaired) electrons. The highest BCUT2D eigenvalue weighted by molar-refractivity contribution is 6.35. The van der Waals surface area contributed by atoms with E-state index in [1.807, 2.05) is 29.8 Å². The topological polar surface area (TPSA) is 62.1 Å². The Morgan fingerprint density at radius 2 is 1.91 bits per heavy atom. The highest BCUT2D eigenvalue weighted by Crippen LogP contribution is 2.38. The number of aromatic nitrogens is 4. The van der Waals surface area contributed by atoms with Crippen molar-refractivity contribution in [3.05, 3.63) is 69.4 Å². The van der Waals surface area contributed by atoms with Crippen LogP contribution in [0.2, 0.25) is 15.2 Å². The first-order valence-electron chi connectivity index (χ1n) is 10.8. The molecule has 176 valence electrons. The largest absolute Gasteiger partial charge is 0.486 e. The molecular formula is C24H20Cl3FN4O2. The number of fused-ring (bicyclic) bond motifs is 1. The van der Waals surface area contributed by atoms with Gasteiger partial charge < -0.3 is 9.47 Å². The molecule has 2 unspecified atom stereocenters. The van der Waals surface area contributed by atoms with E-state index in [0.717, 1.165) is 24.8 Å². The van der Waals surface area contributed by atoms with E-state index >= 15 is 0 Å². The summed E-state index contributed by atoms with van der Waals surface area (Å²) in [6.07, 6.45) is 6.62. The lowest BCUT2D eigenvalue weighted by atomic mass is 10.1. The molecule has 0 amide bonds. The van der Waals surface area contributed by atoms with Crippen molar-refractivity contribution >= 4 is 45.7 Å². The van der Waals surface area contributed by atoms with E-state index in [-0.39, 0.29) is 16.9 Å². The minimum atomic E-state index is -0.508. The number of hydrogen-bond donors (Lipinski definition) is 0. The maximum Gasteiger partial charge on any atom is 0.150 e. The molecule has 34 heavy (non-hydrogen) atoms. The molecule has 1 aliphatic rings. The second-order valence-corrected chi connectivity index (χ2v) is 9.26. The van der Waals surface area contributed by atoms with Crippen molar-refractivity contribution in [2.45, 2.75) is 38.5 Å². The van der Waals surface area contributed by atoms with Gasteiger partial charge in [-0.2, -0.15) is 5.10 Å². The quantitative estimate of drug-likeness (QED) is 0.256. The monoisotopic (exact) mass is 520 g/mol. The number of rotatable bonds is 5. The van der Waals surface area contributed by atoms with E-state index in [1.54, 1.807) is 0 Å². The maximum atomic E-state index is 14.9. The standard InChI is InChI=1S/C24H20Cl3FN4O2/c1-13(23-17(25)11-29-12-18(23)26)34-14-5-6-20-15(8-14)24(16-10-30-21(27)9-19(16)28)31-32(20)22-4-2-3-7-33-22/h5-6,8-13,22H,2-4,7H2,1H3. The Morgan fingerprint density at radius 1 is 1.12 bits per heavy atom. The van der Waals surface area contributed by atoms with Crippen LogP contribution >= 0.6 is 34.8 Å². The molecule has 6 nitrogen and oxygen atoms in total. The molecule has 0 N–H and O–H groups in total. The Hall–Kier alpha value is -2.45. The van der Waals surface area contributed by atoms with Crippen LogP contribution in [0.4, 0.5) is 4.39 Å². The van der Waals surface area contributed by atoms with Crippen molar-refractivity contribution in [3.63, 3.8) is 0 Å². The average Bonchev–Trinajstić information content (AvgIpc) is 3.18. The van der Waals surface area contributed by atoms with Gasteiger partial charge in [0.25, 0.3) is 0 Å².